The number of anilines is 2. The summed E-state index contributed by atoms with van der Waals surface area (Å²) in [6, 6.07) is 13.3. The van der Waals surface area contributed by atoms with Crippen molar-refractivity contribution in [2.75, 3.05) is 23.4 Å². The highest BCUT2D eigenvalue weighted by Gasteiger charge is 2.27. The molecule has 0 unspecified atom stereocenters. The molecule has 0 saturated carbocycles. The van der Waals surface area contributed by atoms with E-state index in [1.165, 1.54) is 27.4 Å². The van der Waals surface area contributed by atoms with E-state index < -0.39 is 0 Å². The Morgan fingerprint density at radius 2 is 2.04 bits per heavy atom. The maximum atomic E-state index is 12.5. The Balaban J connectivity index is 1.47. The predicted octanol–water partition coefficient (Wildman–Crippen LogP) is 3.79. The van der Waals surface area contributed by atoms with Gasteiger partial charge < -0.3 is 10.1 Å². The van der Waals surface area contributed by atoms with Gasteiger partial charge in [0.1, 0.15) is 12.3 Å². The molecule has 1 aromatic heterocycles. The van der Waals surface area contributed by atoms with Crippen LogP contribution in [0.15, 0.2) is 47.8 Å². The minimum absolute atomic E-state index is 0.0710. The minimum atomic E-state index is -0.300. The molecule has 2 aromatic carbocycles. The second-order valence-electron chi connectivity index (χ2n) is 6.62. The van der Waals surface area contributed by atoms with Gasteiger partial charge in [-0.3, -0.25) is 14.5 Å². The van der Waals surface area contributed by atoms with Crippen LogP contribution in [0.5, 0.6) is 5.75 Å². The van der Waals surface area contributed by atoms with Crippen molar-refractivity contribution in [2.45, 2.75) is 13.8 Å². The molecule has 0 atom stereocenters. The third-order valence-electron chi connectivity index (χ3n) is 4.66. The predicted molar refractivity (Wildman–Crippen MR) is 110 cm³/mol. The van der Waals surface area contributed by atoms with Crippen LogP contribution in [0.1, 0.15) is 11.1 Å². The second kappa shape index (κ2) is 7.44. The first-order valence-corrected chi connectivity index (χ1v) is 9.74. The number of para-hydroxylation sites is 2. The van der Waals surface area contributed by atoms with Crippen molar-refractivity contribution in [1.82, 2.24) is 4.98 Å². The van der Waals surface area contributed by atoms with Crippen LogP contribution in [-0.2, 0) is 9.59 Å². The minimum Gasteiger partial charge on any atom is -0.482 e. The number of hydrogen-bond acceptors (Lipinski definition) is 5. The molecule has 28 heavy (non-hydrogen) atoms. The summed E-state index contributed by atoms with van der Waals surface area (Å²) in [7, 11) is 0. The molecule has 2 heterocycles. The summed E-state index contributed by atoms with van der Waals surface area (Å²) in [4.78, 5) is 30.6. The fourth-order valence-electron chi connectivity index (χ4n) is 2.99. The van der Waals surface area contributed by atoms with E-state index in [0.29, 0.717) is 16.6 Å². The number of nitrogens with one attached hydrogen (secondary N) is 1. The number of aryl methyl sites for hydroxylation is 2. The largest absolute Gasteiger partial charge is 0.482 e. The zero-order chi connectivity index (χ0) is 19.7. The molecule has 0 saturated heterocycles. The first-order valence-electron chi connectivity index (χ1n) is 8.86. The number of nitrogens with zero attached hydrogens (tertiary/aromatic N) is 2. The third kappa shape index (κ3) is 3.61. The highest BCUT2D eigenvalue weighted by Crippen LogP contribution is 2.31. The molecule has 0 aliphatic carbocycles. The number of benzene rings is 2. The SMILES string of the molecule is Cc1ccc(-c2csc(NC(=O)CN3C(=O)COc4ccccc43)n2)cc1C. The Labute approximate surface area is 166 Å². The van der Waals surface area contributed by atoms with Gasteiger partial charge in [0.25, 0.3) is 5.91 Å². The normalized spacial score (nSPS) is 13.1. The molecule has 142 valence electrons. The van der Waals surface area contributed by atoms with Gasteiger partial charge in [0.05, 0.1) is 11.4 Å². The fourth-order valence-corrected chi connectivity index (χ4v) is 3.73. The zero-order valence-electron chi connectivity index (χ0n) is 15.6. The van der Waals surface area contributed by atoms with Gasteiger partial charge in [0, 0.05) is 10.9 Å². The smallest absolute Gasteiger partial charge is 0.265 e. The lowest BCUT2D eigenvalue weighted by atomic mass is 10.1. The van der Waals surface area contributed by atoms with Crippen molar-refractivity contribution in [3.8, 4) is 17.0 Å². The standard InChI is InChI=1S/C21H19N3O3S/c1-13-7-8-15(9-14(13)2)16-12-28-21(22-16)23-19(25)10-24-17-5-3-4-6-18(17)27-11-20(24)26/h3-9,12H,10-11H2,1-2H3,(H,22,23,25). The number of carbonyl (C=O) groups excluding carboxylic acids is 2. The van der Waals surface area contributed by atoms with Gasteiger partial charge in [-0.1, -0.05) is 24.3 Å². The van der Waals surface area contributed by atoms with Crippen LogP contribution in [-0.4, -0.2) is 29.9 Å². The van der Waals surface area contributed by atoms with Crippen LogP contribution < -0.4 is 15.0 Å². The molecule has 1 N–H and O–H groups in total. The van der Waals surface area contributed by atoms with Crippen LogP contribution >= 0.6 is 11.3 Å². The molecular weight excluding hydrogens is 374 g/mol. The van der Waals surface area contributed by atoms with Crippen LogP contribution in [0.4, 0.5) is 10.8 Å². The lowest BCUT2D eigenvalue weighted by Crippen LogP contribution is -2.43. The van der Waals surface area contributed by atoms with E-state index in [4.69, 9.17) is 4.74 Å². The third-order valence-corrected chi connectivity index (χ3v) is 5.42. The second-order valence-corrected chi connectivity index (χ2v) is 7.48. The Hall–Kier alpha value is -3.19. The summed E-state index contributed by atoms with van der Waals surface area (Å²) in [5, 5.41) is 5.21. The molecule has 0 radical (unpaired) electrons. The van der Waals surface area contributed by atoms with Gasteiger partial charge in [0.2, 0.25) is 5.91 Å². The van der Waals surface area contributed by atoms with Gasteiger partial charge >= 0.3 is 0 Å². The number of amides is 2. The van der Waals surface area contributed by atoms with Gasteiger partial charge in [-0.15, -0.1) is 11.3 Å². The van der Waals surface area contributed by atoms with Crippen molar-refractivity contribution in [2.24, 2.45) is 0 Å². The van der Waals surface area contributed by atoms with Crippen molar-refractivity contribution >= 4 is 34.0 Å². The summed E-state index contributed by atoms with van der Waals surface area (Å²) in [6.45, 7) is 3.97. The number of hydrogen-bond donors (Lipinski definition) is 1. The van der Waals surface area contributed by atoms with E-state index in [-0.39, 0.29) is 25.0 Å². The topological polar surface area (TPSA) is 71.5 Å². The van der Waals surface area contributed by atoms with Crippen molar-refractivity contribution in [1.29, 1.82) is 0 Å². The number of thiazole rings is 1. The van der Waals surface area contributed by atoms with Crippen LogP contribution in [0, 0.1) is 13.8 Å². The Kier molecular flexibility index (Phi) is 4.83. The summed E-state index contributed by atoms with van der Waals surface area (Å²) in [5.41, 5.74) is 4.85. The van der Waals surface area contributed by atoms with E-state index in [0.717, 1.165) is 11.3 Å². The van der Waals surface area contributed by atoms with Crippen LogP contribution in [0.25, 0.3) is 11.3 Å². The van der Waals surface area contributed by atoms with Gasteiger partial charge in [0.15, 0.2) is 11.7 Å². The molecule has 1 aliphatic heterocycles. The van der Waals surface area contributed by atoms with Crippen molar-refractivity contribution in [3.63, 3.8) is 0 Å². The molecule has 7 heteroatoms. The molecule has 6 nitrogen and oxygen atoms in total. The van der Waals surface area contributed by atoms with Gasteiger partial charge in [-0.25, -0.2) is 4.98 Å². The molecule has 2 amide bonds. The summed E-state index contributed by atoms with van der Waals surface area (Å²) < 4.78 is 5.40. The molecular formula is C21H19N3O3S. The van der Waals surface area contributed by atoms with E-state index in [2.05, 4.69) is 36.3 Å². The van der Waals surface area contributed by atoms with E-state index in [9.17, 15) is 9.59 Å². The maximum Gasteiger partial charge on any atom is 0.265 e. The number of rotatable bonds is 4. The lowest BCUT2D eigenvalue weighted by Gasteiger charge is -2.28. The molecule has 4 rings (SSSR count). The molecule has 0 bridgehead atoms. The van der Waals surface area contributed by atoms with Gasteiger partial charge in [-0.2, -0.15) is 0 Å². The van der Waals surface area contributed by atoms with Crippen LogP contribution in [0.2, 0.25) is 0 Å². The quantitative estimate of drug-likeness (QED) is 0.732. The Bertz CT molecular complexity index is 1060. The molecule has 3 aromatic rings. The van der Waals surface area contributed by atoms with Gasteiger partial charge in [-0.05, 0) is 43.2 Å². The monoisotopic (exact) mass is 393 g/mol. The number of aromatic nitrogens is 1. The van der Waals surface area contributed by atoms with Crippen molar-refractivity contribution < 1.29 is 14.3 Å². The van der Waals surface area contributed by atoms with E-state index in [1.807, 2.05) is 23.6 Å². The highest BCUT2D eigenvalue weighted by atomic mass is 32.1. The summed E-state index contributed by atoms with van der Waals surface area (Å²) in [5.74, 6) is 0.0519. The van der Waals surface area contributed by atoms with E-state index >= 15 is 0 Å². The van der Waals surface area contributed by atoms with Crippen LogP contribution in [0.3, 0.4) is 0 Å². The van der Waals surface area contributed by atoms with Crippen molar-refractivity contribution in [3.05, 3.63) is 59.0 Å². The average molecular weight is 393 g/mol. The first kappa shape index (κ1) is 18.2. The maximum absolute atomic E-state index is 12.5. The van der Waals surface area contributed by atoms with E-state index in [1.54, 1.807) is 12.1 Å². The average Bonchev–Trinajstić information content (AvgIpc) is 3.14. The number of ether oxygens (including phenoxy) is 1. The fraction of sp³-hybridized carbons (Fsp3) is 0.190. The molecule has 1 aliphatic rings. The number of fused-ring (bicyclic) bond motifs is 1. The summed E-state index contributed by atoms with van der Waals surface area (Å²) >= 11 is 1.36. The first-order chi connectivity index (χ1) is 13.5. The molecule has 0 spiro atoms. The Morgan fingerprint density at radius 3 is 2.86 bits per heavy atom. The number of carbonyl (C=O) groups is 2. The Morgan fingerprint density at radius 1 is 1.21 bits per heavy atom. The highest BCUT2D eigenvalue weighted by molar-refractivity contribution is 7.14. The zero-order valence-corrected chi connectivity index (χ0v) is 16.4. The summed E-state index contributed by atoms with van der Waals surface area (Å²) in [6.07, 6.45) is 0. The molecule has 0 fully saturated rings. The lowest BCUT2D eigenvalue weighted by molar-refractivity contribution is -0.123.